The van der Waals surface area contributed by atoms with Gasteiger partial charge in [0.05, 0.1) is 35.5 Å². The van der Waals surface area contributed by atoms with Gasteiger partial charge in [0.25, 0.3) is 0 Å². The number of ether oxygens (including phenoxy) is 2. The topological polar surface area (TPSA) is 68.7 Å². The third kappa shape index (κ3) is 2.86. The molecule has 2 aromatic rings. The number of anilines is 2. The van der Waals surface area contributed by atoms with E-state index in [2.05, 4.69) is 18.7 Å². The molecule has 0 atom stereocenters. The van der Waals surface area contributed by atoms with Gasteiger partial charge in [0.15, 0.2) is 10.9 Å². The molecule has 0 fully saturated rings. The molecular formula is C19H20N2O4S. The number of nitrogens with zero attached hydrogens (tertiary/aromatic N) is 2. The Morgan fingerprint density at radius 2 is 2.15 bits per heavy atom. The molecule has 136 valence electrons. The second-order valence-electron chi connectivity index (χ2n) is 7.39. The van der Waals surface area contributed by atoms with Crippen molar-refractivity contribution in [2.75, 3.05) is 25.2 Å². The van der Waals surface area contributed by atoms with Crippen molar-refractivity contribution in [3.63, 3.8) is 0 Å². The van der Waals surface area contributed by atoms with Crippen LogP contribution in [0.3, 0.4) is 0 Å². The highest BCUT2D eigenvalue weighted by Crippen LogP contribution is 2.43. The fourth-order valence-electron chi connectivity index (χ4n) is 3.49. The number of hydrogen-bond acceptors (Lipinski definition) is 7. The van der Waals surface area contributed by atoms with E-state index < -0.39 is 5.97 Å². The van der Waals surface area contributed by atoms with Crippen molar-refractivity contribution in [2.24, 2.45) is 5.41 Å². The van der Waals surface area contributed by atoms with Crippen LogP contribution in [0.2, 0.25) is 0 Å². The predicted octanol–water partition coefficient (Wildman–Crippen LogP) is 3.62. The summed E-state index contributed by atoms with van der Waals surface area (Å²) in [6.07, 6.45) is 1.37. The highest BCUT2D eigenvalue weighted by Gasteiger charge is 2.35. The van der Waals surface area contributed by atoms with Gasteiger partial charge in [0.2, 0.25) is 0 Å². The van der Waals surface area contributed by atoms with E-state index in [-0.39, 0.29) is 11.2 Å². The van der Waals surface area contributed by atoms with Crippen LogP contribution < -0.4 is 9.64 Å². The van der Waals surface area contributed by atoms with Crippen LogP contribution in [-0.2, 0) is 11.2 Å². The number of esters is 1. The number of ketones is 1. The quantitative estimate of drug-likeness (QED) is 0.750. The van der Waals surface area contributed by atoms with Gasteiger partial charge in [0, 0.05) is 6.42 Å². The summed E-state index contributed by atoms with van der Waals surface area (Å²) < 4.78 is 10.5. The summed E-state index contributed by atoms with van der Waals surface area (Å²) >= 11 is 1.45. The van der Waals surface area contributed by atoms with E-state index in [1.807, 2.05) is 6.07 Å². The summed E-state index contributed by atoms with van der Waals surface area (Å²) in [6, 6.07) is 5.25. The van der Waals surface area contributed by atoms with E-state index in [0.717, 1.165) is 27.8 Å². The molecule has 2 aliphatic rings. The zero-order valence-corrected chi connectivity index (χ0v) is 15.8. The molecule has 0 radical (unpaired) electrons. The lowest BCUT2D eigenvalue weighted by Crippen LogP contribution is -2.29. The number of Topliss-reactive ketones (excluding diaryl/α,β-unsaturated/α-hetero) is 1. The molecule has 0 unspecified atom stereocenters. The molecule has 1 aliphatic carbocycles. The summed E-state index contributed by atoms with van der Waals surface area (Å²) in [5, 5.41) is 0.802. The highest BCUT2D eigenvalue weighted by atomic mass is 32.1. The zero-order valence-electron chi connectivity index (χ0n) is 15.0. The summed E-state index contributed by atoms with van der Waals surface area (Å²) in [6.45, 7) is 5.34. The molecular weight excluding hydrogens is 352 g/mol. The molecule has 4 rings (SSSR count). The monoisotopic (exact) mass is 372 g/mol. The van der Waals surface area contributed by atoms with Crippen LogP contribution in [0.1, 0.15) is 46.0 Å². The van der Waals surface area contributed by atoms with E-state index in [4.69, 9.17) is 14.5 Å². The average molecular weight is 372 g/mol. The Morgan fingerprint density at radius 3 is 2.92 bits per heavy atom. The second-order valence-corrected chi connectivity index (χ2v) is 8.36. The standard InChI is InChI=1S/C19H20N2O4S/c1-19(2)9-12-16(14(22)10-19)26-18(20-12)21-6-7-25-15-8-11(17(23)24-3)4-5-13(15)21/h4-5,8H,6-7,9-10H2,1-3H3. The maximum atomic E-state index is 12.5. The molecule has 6 nitrogen and oxygen atoms in total. The van der Waals surface area contributed by atoms with Gasteiger partial charge in [-0.05, 0) is 30.0 Å². The molecule has 0 N–H and O–H groups in total. The first-order chi connectivity index (χ1) is 12.4. The first kappa shape index (κ1) is 17.0. The highest BCUT2D eigenvalue weighted by molar-refractivity contribution is 7.17. The van der Waals surface area contributed by atoms with Crippen molar-refractivity contribution >= 4 is 33.9 Å². The van der Waals surface area contributed by atoms with Crippen LogP contribution in [0.5, 0.6) is 5.75 Å². The Hall–Kier alpha value is -2.41. The number of rotatable bonds is 2. The third-order valence-corrected chi connectivity index (χ3v) is 5.86. The fourth-order valence-corrected chi connectivity index (χ4v) is 4.55. The van der Waals surface area contributed by atoms with Crippen molar-refractivity contribution in [1.82, 2.24) is 4.98 Å². The lowest BCUT2D eigenvalue weighted by atomic mass is 9.78. The molecule has 0 spiro atoms. The number of carbonyl (C=O) groups excluding carboxylic acids is 2. The van der Waals surface area contributed by atoms with E-state index in [1.54, 1.807) is 12.1 Å². The molecule has 0 amide bonds. The van der Waals surface area contributed by atoms with Crippen molar-refractivity contribution in [3.05, 3.63) is 34.3 Å². The van der Waals surface area contributed by atoms with Gasteiger partial charge >= 0.3 is 5.97 Å². The van der Waals surface area contributed by atoms with Crippen LogP contribution in [0, 0.1) is 5.41 Å². The van der Waals surface area contributed by atoms with Crippen molar-refractivity contribution in [1.29, 1.82) is 0 Å². The van der Waals surface area contributed by atoms with Gasteiger partial charge in [0.1, 0.15) is 12.4 Å². The summed E-state index contributed by atoms with van der Waals surface area (Å²) in [5.41, 5.74) is 2.14. The van der Waals surface area contributed by atoms with Crippen LogP contribution >= 0.6 is 11.3 Å². The fraction of sp³-hybridized carbons (Fsp3) is 0.421. The first-order valence-electron chi connectivity index (χ1n) is 8.53. The average Bonchev–Trinajstić information content (AvgIpc) is 3.02. The van der Waals surface area contributed by atoms with E-state index in [0.29, 0.717) is 30.9 Å². The SMILES string of the molecule is COC(=O)c1ccc2c(c1)OCCN2c1nc2c(s1)C(=O)CC(C)(C)C2. The summed E-state index contributed by atoms with van der Waals surface area (Å²) in [5.74, 6) is 0.402. The third-order valence-electron chi connectivity index (χ3n) is 4.70. The minimum Gasteiger partial charge on any atom is -0.490 e. The lowest BCUT2D eigenvalue weighted by molar-refractivity contribution is 0.0600. The van der Waals surface area contributed by atoms with Crippen molar-refractivity contribution in [2.45, 2.75) is 26.7 Å². The zero-order chi connectivity index (χ0) is 18.5. The Bertz CT molecular complexity index is 903. The maximum absolute atomic E-state index is 12.5. The number of benzene rings is 1. The van der Waals surface area contributed by atoms with E-state index >= 15 is 0 Å². The Balaban J connectivity index is 1.71. The minimum absolute atomic E-state index is 0.0479. The van der Waals surface area contributed by atoms with Gasteiger partial charge in [-0.2, -0.15) is 0 Å². The largest absolute Gasteiger partial charge is 0.490 e. The van der Waals surface area contributed by atoms with Gasteiger partial charge in [-0.1, -0.05) is 25.2 Å². The molecule has 1 aromatic carbocycles. The number of methoxy groups -OCH3 is 1. The van der Waals surface area contributed by atoms with E-state index in [9.17, 15) is 9.59 Å². The summed E-state index contributed by atoms with van der Waals surface area (Å²) in [7, 11) is 1.35. The number of fused-ring (bicyclic) bond motifs is 2. The van der Waals surface area contributed by atoms with E-state index in [1.165, 1.54) is 18.4 Å². The number of aromatic nitrogens is 1. The lowest BCUT2D eigenvalue weighted by Gasteiger charge is -2.29. The molecule has 0 saturated heterocycles. The molecule has 1 aliphatic heterocycles. The van der Waals surface area contributed by atoms with Crippen molar-refractivity contribution in [3.8, 4) is 5.75 Å². The smallest absolute Gasteiger partial charge is 0.337 e. The number of carbonyl (C=O) groups is 2. The maximum Gasteiger partial charge on any atom is 0.337 e. The predicted molar refractivity (Wildman–Crippen MR) is 98.8 cm³/mol. The Labute approximate surface area is 155 Å². The first-order valence-corrected chi connectivity index (χ1v) is 9.35. The number of thiazole rings is 1. The van der Waals surface area contributed by atoms with Gasteiger partial charge in [-0.25, -0.2) is 9.78 Å². The normalized spacial score (nSPS) is 18.0. The van der Waals surface area contributed by atoms with Crippen LogP contribution in [0.25, 0.3) is 0 Å². The molecule has 26 heavy (non-hydrogen) atoms. The molecule has 1 aromatic heterocycles. The molecule has 7 heteroatoms. The number of hydrogen-bond donors (Lipinski definition) is 0. The minimum atomic E-state index is -0.397. The van der Waals surface area contributed by atoms with Crippen molar-refractivity contribution < 1.29 is 19.1 Å². The van der Waals surface area contributed by atoms with Gasteiger partial charge in [-0.15, -0.1) is 0 Å². The molecule has 0 bridgehead atoms. The Kier molecular flexibility index (Phi) is 3.99. The Morgan fingerprint density at radius 1 is 1.35 bits per heavy atom. The van der Waals surface area contributed by atoms with Crippen LogP contribution in [0.4, 0.5) is 10.8 Å². The second kappa shape index (κ2) is 6.09. The van der Waals surface area contributed by atoms with Crippen LogP contribution in [0.15, 0.2) is 18.2 Å². The van der Waals surface area contributed by atoms with Crippen LogP contribution in [-0.4, -0.2) is 37.0 Å². The molecule has 0 saturated carbocycles. The van der Waals surface area contributed by atoms with Gasteiger partial charge in [-0.3, -0.25) is 4.79 Å². The summed E-state index contributed by atoms with van der Waals surface area (Å²) in [4.78, 5) is 31.8. The molecule has 2 heterocycles. The van der Waals surface area contributed by atoms with Gasteiger partial charge < -0.3 is 14.4 Å².